The number of carbonyl (C=O) groups excluding carboxylic acids is 1. The molecular weight excluding hydrogens is 452 g/mol. The molecule has 0 aliphatic heterocycles. The van der Waals surface area contributed by atoms with Gasteiger partial charge in [0.15, 0.2) is 0 Å². The quantitative estimate of drug-likeness (QED) is 0.108. The fourth-order valence-corrected chi connectivity index (χ4v) is 5.93. The van der Waals surface area contributed by atoms with Crippen molar-refractivity contribution in [1.29, 1.82) is 0 Å². The van der Waals surface area contributed by atoms with Crippen LogP contribution in [0, 0.1) is 0 Å². The highest BCUT2D eigenvalue weighted by atomic mass is 16.5. The monoisotopic (exact) mass is 512 g/mol. The van der Waals surface area contributed by atoms with Gasteiger partial charge in [0.2, 0.25) is 0 Å². The minimum absolute atomic E-state index is 0.159. The van der Waals surface area contributed by atoms with Crippen molar-refractivity contribution < 1.29 is 9.53 Å². The van der Waals surface area contributed by atoms with Crippen LogP contribution in [0.1, 0.15) is 189 Å². The first kappa shape index (κ1) is 31.9. The molecule has 2 nitrogen and oxygen atoms in total. The molecule has 1 fully saturated rings. The van der Waals surface area contributed by atoms with Gasteiger partial charge in [0.25, 0.3) is 0 Å². The molecule has 0 bridgehead atoms. The van der Waals surface area contributed by atoms with E-state index in [2.05, 4.69) is 19.1 Å². The number of benzene rings is 1. The van der Waals surface area contributed by atoms with E-state index >= 15 is 0 Å². The zero-order valence-electron chi connectivity index (χ0n) is 24.6. The summed E-state index contributed by atoms with van der Waals surface area (Å²) in [5.74, 6) is 0.529. The second-order valence-corrected chi connectivity index (χ2v) is 11.8. The van der Waals surface area contributed by atoms with Crippen LogP contribution >= 0.6 is 0 Å². The molecular formula is C35H60O2. The van der Waals surface area contributed by atoms with Gasteiger partial charge in [0.05, 0.1) is 12.2 Å². The molecule has 37 heavy (non-hydrogen) atoms. The predicted molar refractivity (Wildman–Crippen MR) is 161 cm³/mol. The fourth-order valence-electron chi connectivity index (χ4n) is 5.93. The van der Waals surface area contributed by atoms with Crippen molar-refractivity contribution in [1.82, 2.24) is 0 Å². The molecule has 1 aromatic carbocycles. The third-order valence-electron chi connectivity index (χ3n) is 8.45. The van der Waals surface area contributed by atoms with Crippen molar-refractivity contribution in [3.63, 3.8) is 0 Å². The highest BCUT2D eigenvalue weighted by Crippen LogP contribution is 2.32. The highest BCUT2D eigenvalue weighted by molar-refractivity contribution is 5.89. The van der Waals surface area contributed by atoms with Crippen LogP contribution in [0.25, 0.3) is 0 Å². The van der Waals surface area contributed by atoms with Crippen molar-refractivity contribution in [2.24, 2.45) is 0 Å². The summed E-state index contributed by atoms with van der Waals surface area (Å²) in [7, 11) is 0. The molecule has 0 heterocycles. The van der Waals surface area contributed by atoms with Gasteiger partial charge in [0, 0.05) is 0 Å². The van der Waals surface area contributed by atoms with E-state index in [9.17, 15) is 4.79 Å². The molecule has 0 radical (unpaired) electrons. The van der Waals surface area contributed by atoms with Gasteiger partial charge in [-0.3, -0.25) is 0 Å². The summed E-state index contributed by atoms with van der Waals surface area (Å²) in [6.07, 6.45) is 34.3. The lowest BCUT2D eigenvalue weighted by molar-refractivity contribution is 0.0497. The molecule has 1 aromatic rings. The minimum atomic E-state index is -0.159. The average Bonchev–Trinajstić information content (AvgIpc) is 2.94. The highest BCUT2D eigenvalue weighted by Gasteiger charge is 2.16. The summed E-state index contributed by atoms with van der Waals surface area (Å²) < 4.78 is 5.51. The molecule has 0 spiro atoms. The summed E-state index contributed by atoms with van der Waals surface area (Å²) >= 11 is 0. The SMILES string of the molecule is CCCCCCCCCCCCCCCCCCCCCCOC(=O)c1ccc(C2CCCCC2)cc1. The Balaban J connectivity index is 1.30. The van der Waals surface area contributed by atoms with Gasteiger partial charge in [-0.05, 0) is 42.9 Å². The Morgan fingerprint density at radius 2 is 1.00 bits per heavy atom. The van der Waals surface area contributed by atoms with Crippen molar-refractivity contribution in [2.75, 3.05) is 6.61 Å². The number of hydrogen-bond donors (Lipinski definition) is 0. The summed E-state index contributed by atoms with van der Waals surface area (Å²) in [4.78, 5) is 12.3. The normalized spacial score (nSPS) is 14.2. The second-order valence-electron chi connectivity index (χ2n) is 11.8. The third kappa shape index (κ3) is 16.3. The first-order valence-corrected chi connectivity index (χ1v) is 16.6. The lowest BCUT2D eigenvalue weighted by Crippen LogP contribution is -2.08. The zero-order valence-corrected chi connectivity index (χ0v) is 24.6. The molecule has 1 aliphatic carbocycles. The van der Waals surface area contributed by atoms with Gasteiger partial charge < -0.3 is 4.74 Å². The van der Waals surface area contributed by atoms with Crippen molar-refractivity contribution in [2.45, 2.75) is 173 Å². The van der Waals surface area contributed by atoms with Crippen LogP contribution in [0.15, 0.2) is 24.3 Å². The number of esters is 1. The summed E-state index contributed by atoms with van der Waals surface area (Å²) in [5, 5.41) is 0. The molecule has 212 valence electrons. The first-order chi connectivity index (χ1) is 18.3. The molecule has 0 amide bonds. The maximum atomic E-state index is 12.3. The number of carbonyl (C=O) groups is 1. The van der Waals surface area contributed by atoms with E-state index in [-0.39, 0.29) is 5.97 Å². The van der Waals surface area contributed by atoms with Crippen molar-refractivity contribution in [3.05, 3.63) is 35.4 Å². The number of unbranched alkanes of at least 4 members (excludes halogenated alkanes) is 19. The van der Waals surface area contributed by atoms with E-state index in [0.29, 0.717) is 18.1 Å². The zero-order chi connectivity index (χ0) is 26.2. The maximum Gasteiger partial charge on any atom is 0.338 e. The molecule has 2 heteroatoms. The van der Waals surface area contributed by atoms with Gasteiger partial charge in [-0.15, -0.1) is 0 Å². The number of ether oxygens (including phenoxy) is 1. The number of rotatable bonds is 23. The maximum absolute atomic E-state index is 12.3. The Bertz CT molecular complexity index is 644. The predicted octanol–water partition coefficient (Wildman–Crippen LogP) is 11.7. The molecule has 0 atom stereocenters. The molecule has 0 aromatic heterocycles. The van der Waals surface area contributed by atoms with E-state index in [0.717, 1.165) is 6.42 Å². The van der Waals surface area contributed by atoms with Crippen LogP contribution in [0.4, 0.5) is 0 Å². The fraction of sp³-hybridized carbons (Fsp3) is 0.800. The standard InChI is InChI=1S/C35H60O2/c1-2-3-4-5-6-7-8-9-10-11-12-13-14-15-16-17-18-19-20-24-31-37-35(36)34-29-27-33(28-30-34)32-25-22-21-23-26-32/h27-30,32H,2-26,31H2,1H3. The largest absolute Gasteiger partial charge is 0.462 e. The minimum Gasteiger partial charge on any atom is -0.462 e. The van der Waals surface area contributed by atoms with E-state index in [4.69, 9.17) is 4.74 Å². The molecule has 0 N–H and O–H groups in total. The lowest BCUT2D eigenvalue weighted by atomic mass is 9.84. The van der Waals surface area contributed by atoms with Gasteiger partial charge in [-0.2, -0.15) is 0 Å². The van der Waals surface area contributed by atoms with Gasteiger partial charge in [-0.25, -0.2) is 4.79 Å². The van der Waals surface area contributed by atoms with Gasteiger partial charge in [-0.1, -0.05) is 160 Å². The summed E-state index contributed by atoms with van der Waals surface area (Å²) in [5.41, 5.74) is 2.10. The Kier molecular flexibility index (Phi) is 19.5. The van der Waals surface area contributed by atoms with E-state index in [1.54, 1.807) is 0 Å². The Labute approximate surface area is 230 Å². The van der Waals surface area contributed by atoms with Crippen LogP contribution in [-0.2, 0) is 4.74 Å². The topological polar surface area (TPSA) is 26.3 Å². The van der Waals surface area contributed by atoms with Crippen LogP contribution < -0.4 is 0 Å². The summed E-state index contributed by atoms with van der Waals surface area (Å²) in [6, 6.07) is 8.21. The smallest absolute Gasteiger partial charge is 0.338 e. The Morgan fingerprint density at radius 3 is 1.43 bits per heavy atom. The van der Waals surface area contributed by atoms with E-state index in [1.165, 1.54) is 160 Å². The number of hydrogen-bond acceptors (Lipinski definition) is 2. The summed E-state index contributed by atoms with van der Waals surface area (Å²) in [6.45, 7) is 2.85. The Hall–Kier alpha value is -1.31. The molecule has 1 saturated carbocycles. The van der Waals surface area contributed by atoms with Crippen LogP contribution in [0.3, 0.4) is 0 Å². The first-order valence-electron chi connectivity index (χ1n) is 16.6. The van der Waals surface area contributed by atoms with Gasteiger partial charge in [0.1, 0.15) is 0 Å². The van der Waals surface area contributed by atoms with Crippen LogP contribution in [0.5, 0.6) is 0 Å². The van der Waals surface area contributed by atoms with Crippen LogP contribution in [0.2, 0.25) is 0 Å². The van der Waals surface area contributed by atoms with Crippen molar-refractivity contribution in [3.8, 4) is 0 Å². The van der Waals surface area contributed by atoms with Crippen molar-refractivity contribution >= 4 is 5.97 Å². The third-order valence-corrected chi connectivity index (χ3v) is 8.45. The molecule has 2 rings (SSSR count). The van der Waals surface area contributed by atoms with E-state index in [1.807, 2.05) is 12.1 Å². The average molecular weight is 513 g/mol. The van der Waals surface area contributed by atoms with Crippen LogP contribution in [-0.4, -0.2) is 12.6 Å². The molecule has 0 unspecified atom stereocenters. The van der Waals surface area contributed by atoms with E-state index < -0.39 is 0 Å². The van der Waals surface area contributed by atoms with Gasteiger partial charge >= 0.3 is 5.97 Å². The molecule has 1 aliphatic rings. The Morgan fingerprint density at radius 1 is 0.595 bits per heavy atom. The second kappa shape index (κ2) is 22.7. The molecule has 0 saturated heterocycles. The lowest BCUT2D eigenvalue weighted by Gasteiger charge is -2.21.